The maximum Gasteiger partial charge on any atom is 0.0110 e. The van der Waals surface area contributed by atoms with Crippen LogP contribution >= 0.6 is 0 Å². The Balaban J connectivity index is 2.14. The minimum Gasteiger partial charge on any atom is -0.304 e. The van der Waals surface area contributed by atoms with E-state index in [-0.39, 0.29) is 0 Å². The van der Waals surface area contributed by atoms with Gasteiger partial charge < -0.3 is 9.80 Å². The average Bonchev–Trinajstić information content (AvgIpc) is 2.26. The Hall–Kier alpha value is -0.120. The van der Waals surface area contributed by atoms with Gasteiger partial charge in [-0.15, -0.1) is 0 Å². The fourth-order valence-corrected chi connectivity index (χ4v) is 1.90. The molecule has 0 spiro atoms. The molecule has 3 nitrogen and oxygen atoms in total. The van der Waals surface area contributed by atoms with Crippen molar-refractivity contribution in [1.82, 2.24) is 14.7 Å². The first-order valence-electron chi connectivity index (χ1n) is 6.24. The van der Waals surface area contributed by atoms with E-state index in [4.69, 9.17) is 0 Å². The lowest BCUT2D eigenvalue weighted by Gasteiger charge is -2.34. The van der Waals surface area contributed by atoms with E-state index in [0.717, 1.165) is 6.04 Å². The topological polar surface area (TPSA) is 9.72 Å². The quantitative estimate of drug-likeness (QED) is 0.673. The summed E-state index contributed by atoms with van der Waals surface area (Å²) in [4.78, 5) is 7.46. The Bertz CT molecular complexity index is 164. The molecule has 1 aliphatic heterocycles. The second kappa shape index (κ2) is 6.46. The number of hydrogen-bond acceptors (Lipinski definition) is 3. The van der Waals surface area contributed by atoms with Crippen molar-refractivity contribution in [2.24, 2.45) is 0 Å². The van der Waals surface area contributed by atoms with Gasteiger partial charge in [-0.3, -0.25) is 4.90 Å². The van der Waals surface area contributed by atoms with E-state index >= 15 is 0 Å². The molecule has 1 saturated heterocycles. The van der Waals surface area contributed by atoms with Gasteiger partial charge in [-0.25, -0.2) is 0 Å². The zero-order valence-electron chi connectivity index (χ0n) is 10.9. The highest BCUT2D eigenvalue weighted by Gasteiger charge is 2.14. The minimum absolute atomic E-state index is 0.720. The molecular formula is C12H27N3. The van der Waals surface area contributed by atoms with Gasteiger partial charge in [-0.1, -0.05) is 6.92 Å². The highest BCUT2D eigenvalue weighted by Crippen LogP contribution is 2.02. The molecule has 0 amide bonds. The fourth-order valence-electron chi connectivity index (χ4n) is 1.90. The summed E-state index contributed by atoms with van der Waals surface area (Å²) in [6.45, 7) is 11.9. The first-order chi connectivity index (χ1) is 7.13. The van der Waals surface area contributed by atoms with Crippen LogP contribution < -0.4 is 0 Å². The smallest absolute Gasteiger partial charge is 0.0110 e. The normalized spacial score (nSPS) is 22.2. The third kappa shape index (κ3) is 4.49. The van der Waals surface area contributed by atoms with E-state index in [0.29, 0.717) is 0 Å². The lowest BCUT2D eigenvalue weighted by molar-refractivity contribution is 0.132. The molecule has 15 heavy (non-hydrogen) atoms. The third-order valence-corrected chi connectivity index (χ3v) is 3.71. The van der Waals surface area contributed by atoms with E-state index in [9.17, 15) is 0 Å². The summed E-state index contributed by atoms with van der Waals surface area (Å²) in [6, 6.07) is 0.720. The van der Waals surface area contributed by atoms with Crippen LogP contribution in [0.1, 0.15) is 20.3 Å². The zero-order chi connectivity index (χ0) is 11.3. The van der Waals surface area contributed by atoms with Crippen LogP contribution in [0.5, 0.6) is 0 Å². The molecule has 0 radical (unpaired) electrons. The molecule has 0 bridgehead atoms. The summed E-state index contributed by atoms with van der Waals surface area (Å²) < 4.78 is 0. The maximum atomic E-state index is 2.58. The summed E-state index contributed by atoms with van der Waals surface area (Å²) in [5.74, 6) is 0. The van der Waals surface area contributed by atoms with E-state index in [1.54, 1.807) is 0 Å². The lowest BCUT2D eigenvalue weighted by atomic mass is 10.2. The molecule has 3 heteroatoms. The first-order valence-corrected chi connectivity index (χ1v) is 6.24. The Kier molecular flexibility index (Phi) is 5.58. The predicted octanol–water partition coefficient (Wildman–Crippen LogP) is 0.964. The van der Waals surface area contributed by atoms with Crippen molar-refractivity contribution in [1.29, 1.82) is 0 Å². The Labute approximate surface area is 95.0 Å². The number of nitrogens with zero attached hydrogens (tertiary/aromatic N) is 3. The molecule has 0 aliphatic carbocycles. The average molecular weight is 213 g/mol. The second-order valence-electron chi connectivity index (χ2n) is 4.88. The van der Waals surface area contributed by atoms with Gasteiger partial charge in [-0.2, -0.15) is 0 Å². The van der Waals surface area contributed by atoms with Crippen LogP contribution in [0.25, 0.3) is 0 Å². The van der Waals surface area contributed by atoms with Gasteiger partial charge in [0.15, 0.2) is 0 Å². The molecular weight excluding hydrogens is 186 g/mol. The molecule has 0 saturated carbocycles. The van der Waals surface area contributed by atoms with Gasteiger partial charge in [0.2, 0.25) is 0 Å². The standard InChI is InChI=1S/C12H27N3/c1-5-12(2)14(4)8-11-15-9-6-13(3)7-10-15/h12H,5-11H2,1-4H3. The van der Waals surface area contributed by atoms with Crippen molar-refractivity contribution in [2.75, 3.05) is 53.4 Å². The highest BCUT2D eigenvalue weighted by molar-refractivity contribution is 4.71. The van der Waals surface area contributed by atoms with Gasteiger partial charge in [0, 0.05) is 45.3 Å². The van der Waals surface area contributed by atoms with Crippen LogP contribution in [0.2, 0.25) is 0 Å². The predicted molar refractivity (Wildman–Crippen MR) is 66.3 cm³/mol. The van der Waals surface area contributed by atoms with Crippen molar-refractivity contribution >= 4 is 0 Å². The minimum atomic E-state index is 0.720. The van der Waals surface area contributed by atoms with E-state index in [2.05, 4.69) is 42.6 Å². The van der Waals surface area contributed by atoms with Crippen molar-refractivity contribution in [3.05, 3.63) is 0 Å². The molecule has 0 aromatic rings. The number of rotatable bonds is 5. The van der Waals surface area contributed by atoms with Crippen LogP contribution in [-0.2, 0) is 0 Å². The van der Waals surface area contributed by atoms with Crippen molar-refractivity contribution in [2.45, 2.75) is 26.3 Å². The number of likely N-dealkylation sites (N-methyl/N-ethyl adjacent to an activating group) is 2. The maximum absolute atomic E-state index is 2.58. The molecule has 1 atom stereocenters. The van der Waals surface area contributed by atoms with E-state index in [1.807, 2.05) is 0 Å². The SMILES string of the molecule is CCC(C)N(C)CCN1CCN(C)CC1. The van der Waals surface area contributed by atoms with Crippen LogP contribution in [0.3, 0.4) is 0 Å². The number of hydrogen-bond donors (Lipinski definition) is 0. The van der Waals surface area contributed by atoms with Crippen LogP contribution in [0.15, 0.2) is 0 Å². The Morgan fingerprint density at radius 1 is 1.20 bits per heavy atom. The van der Waals surface area contributed by atoms with Gasteiger partial charge in [-0.05, 0) is 27.4 Å². The molecule has 0 N–H and O–H groups in total. The summed E-state index contributed by atoms with van der Waals surface area (Å²) in [6.07, 6.45) is 1.25. The summed E-state index contributed by atoms with van der Waals surface area (Å²) >= 11 is 0. The molecule has 1 aliphatic rings. The summed E-state index contributed by atoms with van der Waals surface area (Å²) in [5.41, 5.74) is 0. The van der Waals surface area contributed by atoms with Crippen LogP contribution in [-0.4, -0.2) is 74.1 Å². The molecule has 1 heterocycles. The van der Waals surface area contributed by atoms with Gasteiger partial charge >= 0.3 is 0 Å². The van der Waals surface area contributed by atoms with E-state index < -0.39 is 0 Å². The van der Waals surface area contributed by atoms with Gasteiger partial charge in [0.1, 0.15) is 0 Å². The fraction of sp³-hybridized carbons (Fsp3) is 1.00. The van der Waals surface area contributed by atoms with Gasteiger partial charge in [0.25, 0.3) is 0 Å². The first kappa shape index (κ1) is 12.9. The van der Waals surface area contributed by atoms with Crippen molar-refractivity contribution < 1.29 is 0 Å². The molecule has 0 aromatic carbocycles. The van der Waals surface area contributed by atoms with Crippen LogP contribution in [0, 0.1) is 0 Å². The lowest BCUT2D eigenvalue weighted by Crippen LogP contribution is -2.47. The Morgan fingerprint density at radius 3 is 2.33 bits per heavy atom. The van der Waals surface area contributed by atoms with Crippen molar-refractivity contribution in [3.63, 3.8) is 0 Å². The molecule has 90 valence electrons. The van der Waals surface area contributed by atoms with Crippen molar-refractivity contribution in [3.8, 4) is 0 Å². The number of piperazine rings is 1. The monoisotopic (exact) mass is 213 g/mol. The molecule has 0 aromatic heterocycles. The zero-order valence-corrected chi connectivity index (χ0v) is 10.9. The largest absolute Gasteiger partial charge is 0.304 e. The second-order valence-corrected chi connectivity index (χ2v) is 4.88. The van der Waals surface area contributed by atoms with Gasteiger partial charge in [0.05, 0.1) is 0 Å². The molecule has 1 unspecified atom stereocenters. The summed E-state index contributed by atoms with van der Waals surface area (Å²) in [7, 11) is 4.45. The summed E-state index contributed by atoms with van der Waals surface area (Å²) in [5, 5.41) is 0. The molecule has 1 fully saturated rings. The Morgan fingerprint density at radius 2 is 1.80 bits per heavy atom. The third-order valence-electron chi connectivity index (χ3n) is 3.71. The van der Waals surface area contributed by atoms with E-state index in [1.165, 1.54) is 45.7 Å². The molecule has 1 rings (SSSR count). The van der Waals surface area contributed by atoms with Crippen LogP contribution in [0.4, 0.5) is 0 Å². The highest BCUT2D eigenvalue weighted by atomic mass is 15.3.